The van der Waals surface area contributed by atoms with Gasteiger partial charge >= 0.3 is 5.97 Å². The lowest BCUT2D eigenvalue weighted by atomic mass is 10.4. The van der Waals surface area contributed by atoms with Crippen molar-refractivity contribution in [3.8, 4) is 0 Å². The minimum atomic E-state index is -0.311. The van der Waals surface area contributed by atoms with Gasteiger partial charge in [-0.3, -0.25) is 9.59 Å². The molecule has 0 aliphatic carbocycles. The maximum Gasteiger partial charge on any atom is 0.302 e. The molecule has 0 aliphatic heterocycles. The molecule has 0 amide bonds. The smallest absolute Gasteiger partial charge is 0.302 e. The Labute approximate surface area is 65.4 Å². The summed E-state index contributed by atoms with van der Waals surface area (Å²) in [5, 5.41) is 0. The zero-order chi connectivity index (χ0) is 8.53. The molecule has 0 bridgehead atoms. The number of carbonyl (C=O) groups excluding carboxylic acids is 2. The Hall–Kier alpha value is -1.38. The van der Waals surface area contributed by atoms with E-state index < -0.39 is 0 Å². The molecule has 3 nitrogen and oxygen atoms in total. The van der Waals surface area contributed by atoms with Gasteiger partial charge in [-0.05, 0) is 12.2 Å². The minimum Gasteiger partial charge on any atom is -0.462 e. The third kappa shape index (κ3) is 8.62. The van der Waals surface area contributed by atoms with Gasteiger partial charge in [0.05, 0.1) is 0 Å². The molecule has 0 aromatic carbocycles. The highest BCUT2D eigenvalue weighted by atomic mass is 16.5. The molecule has 60 valence electrons. The van der Waals surface area contributed by atoms with E-state index in [0.29, 0.717) is 6.29 Å². The number of aldehydes is 1. The van der Waals surface area contributed by atoms with Gasteiger partial charge in [0, 0.05) is 6.92 Å². The van der Waals surface area contributed by atoms with Crippen molar-refractivity contribution in [1.82, 2.24) is 0 Å². The Morgan fingerprint density at radius 2 is 2.09 bits per heavy atom. The third-order valence-electron chi connectivity index (χ3n) is 0.820. The quantitative estimate of drug-likeness (QED) is 0.261. The highest BCUT2D eigenvalue weighted by Gasteiger charge is 1.84. The summed E-state index contributed by atoms with van der Waals surface area (Å²) in [6, 6.07) is 0. The van der Waals surface area contributed by atoms with Crippen LogP contribution in [0, 0.1) is 0 Å². The SMILES string of the molecule is CC(=O)OC/C=C/C=C/C=O. The molecular formula is C8H10O3. The van der Waals surface area contributed by atoms with E-state index in [-0.39, 0.29) is 12.6 Å². The van der Waals surface area contributed by atoms with Crippen molar-refractivity contribution in [2.45, 2.75) is 6.92 Å². The van der Waals surface area contributed by atoms with E-state index in [1.165, 1.54) is 13.0 Å². The fourth-order valence-electron chi connectivity index (χ4n) is 0.409. The van der Waals surface area contributed by atoms with Crippen LogP contribution >= 0.6 is 0 Å². The van der Waals surface area contributed by atoms with Crippen LogP contribution in [0.15, 0.2) is 24.3 Å². The molecule has 11 heavy (non-hydrogen) atoms. The molecule has 0 radical (unpaired) electrons. The summed E-state index contributed by atoms with van der Waals surface area (Å²) in [5.74, 6) is -0.311. The lowest BCUT2D eigenvalue weighted by Crippen LogP contribution is -1.96. The molecule has 0 aliphatic rings. The number of ether oxygens (including phenoxy) is 1. The number of carbonyl (C=O) groups is 2. The number of rotatable bonds is 4. The summed E-state index contributed by atoms with van der Waals surface area (Å²) in [5.41, 5.74) is 0. The maximum absolute atomic E-state index is 10.2. The number of hydrogen-bond donors (Lipinski definition) is 0. The second kappa shape index (κ2) is 6.74. The first kappa shape index (κ1) is 9.62. The summed E-state index contributed by atoms with van der Waals surface area (Å²) in [4.78, 5) is 19.9. The van der Waals surface area contributed by atoms with Crippen molar-refractivity contribution in [3.05, 3.63) is 24.3 Å². The van der Waals surface area contributed by atoms with Gasteiger partial charge in [0.25, 0.3) is 0 Å². The Balaban J connectivity index is 3.37. The van der Waals surface area contributed by atoms with E-state index in [1.807, 2.05) is 0 Å². The zero-order valence-electron chi connectivity index (χ0n) is 6.32. The van der Waals surface area contributed by atoms with Crippen LogP contribution in [-0.2, 0) is 14.3 Å². The van der Waals surface area contributed by atoms with Gasteiger partial charge in [-0.15, -0.1) is 0 Å². The van der Waals surface area contributed by atoms with Crippen LogP contribution in [0.2, 0.25) is 0 Å². The van der Waals surface area contributed by atoms with E-state index in [4.69, 9.17) is 0 Å². The van der Waals surface area contributed by atoms with E-state index in [9.17, 15) is 9.59 Å². The molecule has 0 N–H and O–H groups in total. The first-order valence-electron chi connectivity index (χ1n) is 3.17. The predicted octanol–water partition coefficient (Wildman–Crippen LogP) is 0.861. The third-order valence-corrected chi connectivity index (χ3v) is 0.820. The molecule has 0 aromatic rings. The first-order valence-corrected chi connectivity index (χ1v) is 3.17. The van der Waals surface area contributed by atoms with Crippen LogP contribution < -0.4 is 0 Å². The van der Waals surface area contributed by atoms with Crippen molar-refractivity contribution in [2.24, 2.45) is 0 Å². The number of hydrogen-bond acceptors (Lipinski definition) is 3. The molecule has 0 unspecified atom stereocenters. The predicted molar refractivity (Wildman–Crippen MR) is 41.0 cm³/mol. The van der Waals surface area contributed by atoms with Gasteiger partial charge in [-0.1, -0.05) is 12.2 Å². The molecule has 0 aromatic heterocycles. The van der Waals surface area contributed by atoms with Gasteiger partial charge in [-0.2, -0.15) is 0 Å². The molecular weight excluding hydrogens is 144 g/mol. The van der Waals surface area contributed by atoms with Crippen molar-refractivity contribution in [3.63, 3.8) is 0 Å². The summed E-state index contributed by atoms with van der Waals surface area (Å²) in [6.07, 6.45) is 6.87. The number of esters is 1. The summed E-state index contributed by atoms with van der Waals surface area (Å²) < 4.78 is 4.57. The molecule has 0 saturated heterocycles. The minimum absolute atomic E-state index is 0.249. The van der Waals surface area contributed by atoms with Crippen molar-refractivity contribution in [2.75, 3.05) is 6.61 Å². The van der Waals surface area contributed by atoms with Crippen molar-refractivity contribution >= 4 is 12.3 Å². The van der Waals surface area contributed by atoms with Gasteiger partial charge < -0.3 is 4.74 Å². The van der Waals surface area contributed by atoms with Crippen LogP contribution in [0.25, 0.3) is 0 Å². The average Bonchev–Trinajstić information content (AvgIpc) is 1.96. The molecule has 0 atom stereocenters. The average molecular weight is 154 g/mol. The normalized spacial score (nSPS) is 10.6. The monoisotopic (exact) mass is 154 g/mol. The van der Waals surface area contributed by atoms with E-state index >= 15 is 0 Å². The zero-order valence-corrected chi connectivity index (χ0v) is 6.32. The van der Waals surface area contributed by atoms with Gasteiger partial charge in [0.1, 0.15) is 12.9 Å². The van der Waals surface area contributed by atoms with Crippen LogP contribution in [0.1, 0.15) is 6.92 Å². The van der Waals surface area contributed by atoms with Crippen molar-refractivity contribution in [1.29, 1.82) is 0 Å². The largest absolute Gasteiger partial charge is 0.462 e. The van der Waals surface area contributed by atoms with Gasteiger partial charge in [0.15, 0.2) is 0 Å². The second-order valence-corrected chi connectivity index (χ2v) is 1.75. The number of allylic oxidation sites excluding steroid dienone is 3. The maximum atomic E-state index is 10.2. The van der Waals surface area contributed by atoms with Crippen LogP contribution in [0.5, 0.6) is 0 Å². The van der Waals surface area contributed by atoms with Gasteiger partial charge in [-0.25, -0.2) is 0 Å². The Morgan fingerprint density at radius 1 is 1.36 bits per heavy atom. The molecule has 0 rings (SSSR count). The van der Waals surface area contributed by atoms with E-state index in [2.05, 4.69) is 4.74 Å². The highest BCUT2D eigenvalue weighted by Crippen LogP contribution is 1.79. The Bertz CT molecular complexity index is 180. The first-order chi connectivity index (χ1) is 5.27. The molecule has 0 spiro atoms. The molecule has 3 heteroatoms. The molecule has 0 fully saturated rings. The second-order valence-electron chi connectivity index (χ2n) is 1.75. The van der Waals surface area contributed by atoms with E-state index in [1.54, 1.807) is 18.2 Å². The topological polar surface area (TPSA) is 43.4 Å². The highest BCUT2D eigenvalue weighted by molar-refractivity contribution is 5.66. The van der Waals surface area contributed by atoms with Crippen LogP contribution in [-0.4, -0.2) is 18.9 Å². The van der Waals surface area contributed by atoms with Crippen LogP contribution in [0.3, 0.4) is 0 Å². The fraction of sp³-hybridized carbons (Fsp3) is 0.250. The fourth-order valence-corrected chi connectivity index (χ4v) is 0.409. The Kier molecular flexibility index (Phi) is 5.89. The summed E-state index contributed by atoms with van der Waals surface area (Å²) in [6.45, 7) is 1.59. The standard InChI is InChI=1S/C8H10O3/c1-8(10)11-7-5-3-2-4-6-9/h2-6H,7H2,1H3/b4-2+,5-3+. The molecule has 0 saturated carbocycles. The summed E-state index contributed by atoms with van der Waals surface area (Å²) in [7, 11) is 0. The van der Waals surface area contributed by atoms with Crippen molar-refractivity contribution < 1.29 is 14.3 Å². The van der Waals surface area contributed by atoms with Gasteiger partial charge in [0.2, 0.25) is 0 Å². The summed E-state index contributed by atoms with van der Waals surface area (Å²) >= 11 is 0. The van der Waals surface area contributed by atoms with Crippen LogP contribution in [0.4, 0.5) is 0 Å². The molecule has 0 heterocycles. The lowest BCUT2D eigenvalue weighted by Gasteiger charge is -1.92. The lowest BCUT2D eigenvalue weighted by molar-refractivity contribution is -0.139. The Morgan fingerprint density at radius 3 is 2.64 bits per heavy atom. The van der Waals surface area contributed by atoms with E-state index in [0.717, 1.165) is 0 Å².